The lowest BCUT2D eigenvalue weighted by atomic mass is 10.2. The summed E-state index contributed by atoms with van der Waals surface area (Å²) in [6, 6.07) is 13.8. The number of morpholine rings is 1. The topological polar surface area (TPSA) is 54.5 Å². The van der Waals surface area contributed by atoms with Crippen molar-refractivity contribution in [3.05, 3.63) is 64.9 Å². The van der Waals surface area contributed by atoms with Crippen LogP contribution in [0, 0.1) is 12.7 Å². The number of halogens is 1. The number of amides is 1. The smallest absolute Gasteiger partial charge is 0.265 e. The molecule has 28 heavy (non-hydrogen) atoms. The van der Waals surface area contributed by atoms with E-state index in [0.717, 1.165) is 29.5 Å². The van der Waals surface area contributed by atoms with Crippen LogP contribution in [0.3, 0.4) is 0 Å². The Morgan fingerprint density at radius 1 is 1.14 bits per heavy atom. The summed E-state index contributed by atoms with van der Waals surface area (Å²) in [6.45, 7) is 4.89. The fourth-order valence-electron chi connectivity index (χ4n) is 3.10. The maximum absolute atomic E-state index is 14.0. The van der Waals surface area contributed by atoms with Gasteiger partial charge in [-0.15, -0.1) is 11.3 Å². The zero-order chi connectivity index (χ0) is 19.5. The minimum atomic E-state index is -0.296. The third kappa shape index (κ3) is 3.90. The number of aryl methyl sites for hydroxylation is 1. The van der Waals surface area contributed by atoms with Gasteiger partial charge >= 0.3 is 0 Å². The van der Waals surface area contributed by atoms with Crippen LogP contribution < -0.4 is 10.2 Å². The Labute approximate surface area is 166 Å². The molecule has 1 saturated heterocycles. The Kier molecular flexibility index (Phi) is 5.36. The second-order valence-electron chi connectivity index (χ2n) is 6.50. The largest absolute Gasteiger partial charge is 0.378 e. The molecule has 1 aromatic carbocycles. The molecule has 1 N–H and O–H groups in total. The molecule has 1 aliphatic heterocycles. The second kappa shape index (κ2) is 8.08. The van der Waals surface area contributed by atoms with E-state index in [1.807, 2.05) is 19.1 Å². The van der Waals surface area contributed by atoms with E-state index in [1.165, 1.54) is 17.4 Å². The number of carbonyl (C=O) groups is 1. The quantitative estimate of drug-likeness (QED) is 0.711. The molecular weight excluding hydrogens is 377 g/mol. The zero-order valence-electron chi connectivity index (χ0n) is 15.4. The van der Waals surface area contributed by atoms with Crippen LogP contribution in [0.5, 0.6) is 0 Å². The van der Waals surface area contributed by atoms with Crippen LogP contribution in [0.1, 0.15) is 15.4 Å². The van der Waals surface area contributed by atoms with E-state index in [1.54, 1.807) is 30.3 Å². The Morgan fingerprint density at radius 2 is 1.93 bits per heavy atom. The molecule has 4 rings (SSSR count). The summed E-state index contributed by atoms with van der Waals surface area (Å²) >= 11 is 1.26. The standard InChI is InChI=1S/C21H20FN3O2S/c1-14-17(6-9-20(23-14)25-10-12-27-13-11-25)24-21(26)19-8-7-18(28-19)15-4-2-3-5-16(15)22/h2-9H,10-13H2,1H3,(H,24,26). The predicted octanol–water partition coefficient (Wildman–Crippen LogP) is 4.35. The summed E-state index contributed by atoms with van der Waals surface area (Å²) in [5.41, 5.74) is 1.92. The van der Waals surface area contributed by atoms with Crippen LogP contribution in [0.4, 0.5) is 15.9 Å². The van der Waals surface area contributed by atoms with Gasteiger partial charge in [0.05, 0.1) is 29.5 Å². The predicted molar refractivity (Wildman–Crippen MR) is 110 cm³/mol. The molecule has 1 fully saturated rings. The molecule has 3 aromatic rings. The van der Waals surface area contributed by atoms with E-state index >= 15 is 0 Å². The molecule has 0 aliphatic carbocycles. The van der Waals surface area contributed by atoms with Crippen molar-refractivity contribution in [2.75, 3.05) is 36.5 Å². The molecule has 0 bridgehead atoms. The van der Waals surface area contributed by atoms with Gasteiger partial charge in [-0.05, 0) is 37.3 Å². The highest BCUT2D eigenvalue weighted by atomic mass is 32.1. The molecule has 7 heteroatoms. The van der Waals surface area contributed by atoms with Crippen LogP contribution in [0.15, 0.2) is 48.5 Å². The van der Waals surface area contributed by atoms with E-state index < -0.39 is 0 Å². The summed E-state index contributed by atoms with van der Waals surface area (Å²) in [5.74, 6) is 0.364. The number of nitrogens with zero attached hydrogens (tertiary/aromatic N) is 2. The summed E-state index contributed by atoms with van der Waals surface area (Å²) in [4.78, 5) is 20.7. The number of rotatable bonds is 4. The van der Waals surface area contributed by atoms with Gasteiger partial charge in [-0.25, -0.2) is 9.37 Å². The van der Waals surface area contributed by atoms with E-state index in [9.17, 15) is 9.18 Å². The summed E-state index contributed by atoms with van der Waals surface area (Å²) < 4.78 is 19.3. The highest BCUT2D eigenvalue weighted by Gasteiger charge is 2.16. The average molecular weight is 397 g/mol. The van der Waals surface area contributed by atoms with Gasteiger partial charge in [-0.3, -0.25) is 4.79 Å². The minimum Gasteiger partial charge on any atom is -0.378 e. The molecule has 1 amide bonds. The van der Waals surface area contributed by atoms with Gasteiger partial charge in [0.25, 0.3) is 5.91 Å². The van der Waals surface area contributed by atoms with Crippen molar-refractivity contribution in [3.8, 4) is 10.4 Å². The average Bonchev–Trinajstić information content (AvgIpc) is 3.20. The molecule has 144 valence electrons. The van der Waals surface area contributed by atoms with Gasteiger partial charge < -0.3 is 15.0 Å². The Balaban J connectivity index is 1.49. The lowest BCUT2D eigenvalue weighted by Gasteiger charge is -2.28. The molecule has 0 unspecified atom stereocenters. The number of hydrogen-bond donors (Lipinski definition) is 1. The fourth-order valence-corrected chi connectivity index (χ4v) is 4.03. The normalized spacial score (nSPS) is 14.1. The number of aromatic nitrogens is 1. The summed E-state index contributed by atoms with van der Waals surface area (Å²) in [7, 11) is 0. The summed E-state index contributed by atoms with van der Waals surface area (Å²) in [5, 5.41) is 2.91. The maximum atomic E-state index is 14.0. The van der Waals surface area contributed by atoms with Gasteiger partial charge in [-0.1, -0.05) is 18.2 Å². The SMILES string of the molecule is Cc1nc(N2CCOCC2)ccc1NC(=O)c1ccc(-c2ccccc2F)s1. The van der Waals surface area contributed by atoms with Crippen molar-refractivity contribution in [1.29, 1.82) is 0 Å². The fraction of sp³-hybridized carbons (Fsp3) is 0.238. The number of thiophene rings is 1. The molecule has 2 aromatic heterocycles. The first-order chi connectivity index (χ1) is 13.6. The number of ether oxygens (including phenoxy) is 1. The van der Waals surface area contributed by atoms with Crippen LogP contribution in [0.25, 0.3) is 10.4 Å². The van der Waals surface area contributed by atoms with Crippen LogP contribution in [-0.2, 0) is 4.74 Å². The van der Waals surface area contributed by atoms with Crippen molar-refractivity contribution < 1.29 is 13.9 Å². The Hall–Kier alpha value is -2.77. The molecule has 0 spiro atoms. The number of nitrogens with one attached hydrogen (secondary N) is 1. The Morgan fingerprint density at radius 3 is 2.68 bits per heavy atom. The highest BCUT2D eigenvalue weighted by Crippen LogP contribution is 2.30. The van der Waals surface area contributed by atoms with Gasteiger partial charge in [0.2, 0.25) is 0 Å². The van der Waals surface area contributed by atoms with Crippen molar-refractivity contribution >= 4 is 28.7 Å². The number of anilines is 2. The van der Waals surface area contributed by atoms with Crippen LogP contribution >= 0.6 is 11.3 Å². The second-order valence-corrected chi connectivity index (χ2v) is 7.58. The van der Waals surface area contributed by atoms with Crippen molar-refractivity contribution in [2.24, 2.45) is 0 Å². The van der Waals surface area contributed by atoms with E-state index in [0.29, 0.717) is 29.3 Å². The van der Waals surface area contributed by atoms with Gasteiger partial charge in [0.1, 0.15) is 11.6 Å². The first-order valence-corrected chi connectivity index (χ1v) is 9.90. The lowest BCUT2D eigenvalue weighted by molar-refractivity contribution is 0.103. The van der Waals surface area contributed by atoms with Crippen LogP contribution in [0.2, 0.25) is 0 Å². The lowest BCUT2D eigenvalue weighted by Crippen LogP contribution is -2.36. The number of pyridine rings is 1. The zero-order valence-corrected chi connectivity index (χ0v) is 16.3. The molecule has 0 saturated carbocycles. The van der Waals surface area contributed by atoms with Crippen molar-refractivity contribution in [2.45, 2.75) is 6.92 Å². The number of benzene rings is 1. The van der Waals surface area contributed by atoms with E-state index in [2.05, 4.69) is 15.2 Å². The van der Waals surface area contributed by atoms with E-state index in [-0.39, 0.29) is 11.7 Å². The first-order valence-electron chi connectivity index (χ1n) is 9.08. The van der Waals surface area contributed by atoms with Crippen molar-refractivity contribution in [3.63, 3.8) is 0 Å². The van der Waals surface area contributed by atoms with E-state index in [4.69, 9.17) is 4.74 Å². The molecule has 3 heterocycles. The Bertz CT molecular complexity index is 999. The monoisotopic (exact) mass is 397 g/mol. The highest BCUT2D eigenvalue weighted by molar-refractivity contribution is 7.17. The summed E-state index contributed by atoms with van der Waals surface area (Å²) in [6.07, 6.45) is 0. The van der Waals surface area contributed by atoms with Crippen molar-refractivity contribution in [1.82, 2.24) is 4.98 Å². The molecular formula is C21H20FN3O2S. The van der Waals surface area contributed by atoms with Gasteiger partial charge in [0, 0.05) is 23.5 Å². The molecule has 1 aliphatic rings. The molecule has 0 radical (unpaired) electrons. The maximum Gasteiger partial charge on any atom is 0.265 e. The third-order valence-corrected chi connectivity index (χ3v) is 5.74. The minimum absolute atomic E-state index is 0.225. The molecule has 5 nitrogen and oxygen atoms in total. The molecule has 0 atom stereocenters. The third-order valence-electron chi connectivity index (χ3n) is 4.62. The first kappa shape index (κ1) is 18.6. The van der Waals surface area contributed by atoms with Crippen LogP contribution in [-0.4, -0.2) is 37.2 Å². The number of hydrogen-bond acceptors (Lipinski definition) is 5. The van der Waals surface area contributed by atoms with Gasteiger partial charge in [0.15, 0.2) is 0 Å². The van der Waals surface area contributed by atoms with Gasteiger partial charge in [-0.2, -0.15) is 0 Å². The number of carbonyl (C=O) groups excluding carboxylic acids is 1.